The molecule has 70 valence electrons. The molecule has 0 rings (SSSR count). The lowest BCUT2D eigenvalue weighted by Crippen LogP contribution is -2.45. The minimum Gasteiger partial charge on any atom is -0.480 e. The van der Waals surface area contributed by atoms with E-state index in [4.69, 9.17) is 5.11 Å². The molecule has 0 bridgehead atoms. The zero-order valence-electron chi connectivity index (χ0n) is 7.50. The second-order valence-corrected chi connectivity index (χ2v) is 2.64. The predicted octanol–water partition coefficient (Wildman–Crippen LogP) is 0.121. The van der Waals surface area contributed by atoms with Crippen LogP contribution in [0.5, 0.6) is 0 Å². The molecule has 2 amide bonds. The van der Waals surface area contributed by atoms with Crippen LogP contribution in [0.4, 0.5) is 4.79 Å². The van der Waals surface area contributed by atoms with Crippen LogP contribution in [0, 0.1) is 0 Å². The van der Waals surface area contributed by atoms with Crippen molar-refractivity contribution in [2.45, 2.75) is 19.4 Å². The smallest absolute Gasteiger partial charge is 0.326 e. The van der Waals surface area contributed by atoms with E-state index >= 15 is 0 Å². The summed E-state index contributed by atoms with van der Waals surface area (Å²) < 4.78 is 0. The van der Waals surface area contributed by atoms with Gasteiger partial charge in [-0.1, -0.05) is 6.92 Å². The van der Waals surface area contributed by atoms with Gasteiger partial charge in [-0.25, -0.2) is 9.59 Å². The zero-order valence-corrected chi connectivity index (χ0v) is 7.50. The average Bonchev–Trinajstić information content (AvgIpc) is 1.98. The topological polar surface area (TPSA) is 69.6 Å². The van der Waals surface area contributed by atoms with Crippen molar-refractivity contribution in [2.24, 2.45) is 0 Å². The quantitative estimate of drug-likeness (QED) is 0.638. The van der Waals surface area contributed by atoms with Crippen LogP contribution in [-0.2, 0) is 4.79 Å². The van der Waals surface area contributed by atoms with Gasteiger partial charge in [0.15, 0.2) is 0 Å². The summed E-state index contributed by atoms with van der Waals surface area (Å²) in [5.74, 6) is -1.01. The molecule has 0 aromatic rings. The number of carbonyl (C=O) groups is 2. The highest BCUT2D eigenvalue weighted by molar-refractivity contribution is 5.82. The third kappa shape index (κ3) is 3.23. The Labute approximate surface area is 71.4 Å². The number of aliphatic carboxylic acids is 1. The van der Waals surface area contributed by atoms with E-state index in [1.807, 2.05) is 0 Å². The van der Waals surface area contributed by atoms with Crippen LogP contribution in [0.15, 0.2) is 0 Å². The lowest BCUT2D eigenvalue weighted by molar-refractivity contribution is -0.139. The Morgan fingerprint density at radius 1 is 1.50 bits per heavy atom. The first-order valence-electron chi connectivity index (χ1n) is 3.69. The molecule has 5 nitrogen and oxygen atoms in total. The Hall–Kier alpha value is -1.26. The number of hydrogen-bond donors (Lipinski definition) is 2. The van der Waals surface area contributed by atoms with Crippen LogP contribution in [0.2, 0.25) is 0 Å². The van der Waals surface area contributed by atoms with E-state index in [1.165, 1.54) is 4.90 Å². The van der Waals surface area contributed by atoms with Gasteiger partial charge in [-0.05, 0) is 6.42 Å². The fourth-order valence-corrected chi connectivity index (χ4v) is 0.617. The summed E-state index contributed by atoms with van der Waals surface area (Å²) in [7, 11) is 3.12. The highest BCUT2D eigenvalue weighted by atomic mass is 16.4. The fourth-order valence-electron chi connectivity index (χ4n) is 0.617. The number of nitrogens with zero attached hydrogens (tertiary/aromatic N) is 1. The minimum atomic E-state index is -1.01. The molecular formula is C7H14N2O3. The first-order chi connectivity index (χ1) is 5.49. The summed E-state index contributed by atoms with van der Waals surface area (Å²) in [6.07, 6.45) is 0.384. The average molecular weight is 174 g/mol. The Kier molecular flexibility index (Phi) is 4.10. The highest BCUT2D eigenvalue weighted by Crippen LogP contribution is 1.91. The van der Waals surface area contributed by atoms with Crippen LogP contribution < -0.4 is 5.32 Å². The zero-order chi connectivity index (χ0) is 9.72. The fraction of sp³-hybridized carbons (Fsp3) is 0.714. The van der Waals surface area contributed by atoms with Crippen LogP contribution in [0.25, 0.3) is 0 Å². The minimum absolute atomic E-state index is 0.384. The van der Waals surface area contributed by atoms with Crippen molar-refractivity contribution >= 4 is 12.0 Å². The molecule has 0 aliphatic heterocycles. The van der Waals surface area contributed by atoms with Crippen LogP contribution in [0.3, 0.4) is 0 Å². The van der Waals surface area contributed by atoms with Gasteiger partial charge in [0, 0.05) is 14.1 Å². The first-order valence-corrected chi connectivity index (χ1v) is 3.69. The van der Waals surface area contributed by atoms with Gasteiger partial charge in [0.05, 0.1) is 0 Å². The van der Waals surface area contributed by atoms with Crippen molar-refractivity contribution in [1.29, 1.82) is 0 Å². The maximum Gasteiger partial charge on any atom is 0.326 e. The standard InChI is InChI=1S/C7H14N2O3/c1-4-5(6(10)11)8-7(12)9(2)3/h5H,4H2,1-3H3,(H,8,12)(H,10,11). The van der Waals surface area contributed by atoms with Crippen molar-refractivity contribution in [2.75, 3.05) is 14.1 Å². The van der Waals surface area contributed by atoms with Crippen LogP contribution >= 0.6 is 0 Å². The molecule has 0 saturated carbocycles. The van der Waals surface area contributed by atoms with Crippen molar-refractivity contribution in [3.63, 3.8) is 0 Å². The van der Waals surface area contributed by atoms with Gasteiger partial charge in [-0.2, -0.15) is 0 Å². The lowest BCUT2D eigenvalue weighted by atomic mass is 10.2. The van der Waals surface area contributed by atoms with Gasteiger partial charge in [-0.3, -0.25) is 0 Å². The van der Waals surface area contributed by atoms with Crippen LogP contribution in [-0.4, -0.2) is 42.1 Å². The molecule has 0 saturated heterocycles. The SMILES string of the molecule is CCC(NC(=O)N(C)C)C(=O)O. The molecule has 0 fully saturated rings. The summed E-state index contributed by atoms with van der Waals surface area (Å²) in [5.41, 5.74) is 0. The molecular weight excluding hydrogens is 160 g/mol. The maximum absolute atomic E-state index is 11.0. The number of carbonyl (C=O) groups excluding carboxylic acids is 1. The van der Waals surface area contributed by atoms with E-state index in [0.717, 1.165) is 0 Å². The molecule has 12 heavy (non-hydrogen) atoms. The third-order valence-corrected chi connectivity index (χ3v) is 1.41. The number of carboxylic acids is 1. The van der Waals surface area contributed by atoms with Gasteiger partial charge in [0.1, 0.15) is 6.04 Å². The monoisotopic (exact) mass is 174 g/mol. The predicted molar refractivity (Wildman–Crippen MR) is 43.9 cm³/mol. The normalized spacial score (nSPS) is 11.9. The van der Waals surface area contributed by atoms with Gasteiger partial charge in [-0.15, -0.1) is 0 Å². The molecule has 0 heterocycles. The Balaban J connectivity index is 4.03. The summed E-state index contributed by atoms with van der Waals surface area (Å²) >= 11 is 0. The van der Waals surface area contributed by atoms with E-state index in [-0.39, 0.29) is 6.03 Å². The molecule has 2 N–H and O–H groups in total. The molecule has 0 aliphatic carbocycles. The second-order valence-electron chi connectivity index (χ2n) is 2.64. The number of nitrogens with one attached hydrogen (secondary N) is 1. The van der Waals surface area contributed by atoms with Gasteiger partial charge in [0.25, 0.3) is 0 Å². The molecule has 0 aliphatic rings. The van der Waals surface area contributed by atoms with Gasteiger partial charge >= 0.3 is 12.0 Å². The Bertz CT molecular complexity index is 179. The highest BCUT2D eigenvalue weighted by Gasteiger charge is 2.17. The molecule has 0 aromatic heterocycles. The Morgan fingerprint density at radius 2 is 2.00 bits per heavy atom. The van der Waals surface area contributed by atoms with E-state index in [0.29, 0.717) is 6.42 Å². The largest absolute Gasteiger partial charge is 0.480 e. The van der Waals surface area contributed by atoms with E-state index in [9.17, 15) is 9.59 Å². The molecule has 0 aromatic carbocycles. The molecule has 1 unspecified atom stereocenters. The van der Waals surface area contributed by atoms with Crippen molar-refractivity contribution in [3.05, 3.63) is 0 Å². The van der Waals surface area contributed by atoms with Gasteiger partial charge < -0.3 is 15.3 Å². The first kappa shape index (κ1) is 10.7. The van der Waals surface area contributed by atoms with Crippen LogP contribution in [0.1, 0.15) is 13.3 Å². The number of rotatable bonds is 3. The van der Waals surface area contributed by atoms with E-state index in [1.54, 1.807) is 21.0 Å². The Morgan fingerprint density at radius 3 is 2.25 bits per heavy atom. The van der Waals surface area contributed by atoms with E-state index < -0.39 is 12.0 Å². The molecule has 5 heteroatoms. The van der Waals surface area contributed by atoms with Gasteiger partial charge in [0.2, 0.25) is 0 Å². The number of carboxylic acid groups (broad SMARTS) is 1. The molecule has 1 atom stereocenters. The van der Waals surface area contributed by atoms with Crippen molar-refractivity contribution in [1.82, 2.24) is 10.2 Å². The number of urea groups is 1. The molecule has 0 radical (unpaired) electrons. The third-order valence-electron chi connectivity index (χ3n) is 1.41. The summed E-state index contributed by atoms with van der Waals surface area (Å²) in [6, 6.07) is -1.18. The van der Waals surface area contributed by atoms with E-state index in [2.05, 4.69) is 5.32 Å². The van der Waals surface area contributed by atoms with Crippen molar-refractivity contribution < 1.29 is 14.7 Å². The maximum atomic E-state index is 11.0. The number of hydrogen-bond acceptors (Lipinski definition) is 2. The number of amides is 2. The second kappa shape index (κ2) is 4.58. The summed E-state index contributed by atoms with van der Waals surface area (Å²) in [5, 5.41) is 10.9. The molecule has 0 spiro atoms. The summed E-state index contributed by atoms with van der Waals surface area (Å²) in [6.45, 7) is 1.70. The van der Waals surface area contributed by atoms with Crippen molar-refractivity contribution in [3.8, 4) is 0 Å². The summed E-state index contributed by atoms with van der Waals surface area (Å²) in [4.78, 5) is 22.7. The lowest BCUT2D eigenvalue weighted by Gasteiger charge is -2.16.